The normalized spacial score (nSPS) is 10.7. The quantitative estimate of drug-likeness (QED) is 0.520. The lowest BCUT2D eigenvalue weighted by Gasteiger charge is -2.08. The molecule has 0 amide bonds. The van der Waals surface area contributed by atoms with E-state index >= 15 is 0 Å². The fourth-order valence-electron chi connectivity index (χ4n) is 2.67. The number of nitrogens with zero attached hydrogens (tertiary/aromatic N) is 4. The van der Waals surface area contributed by atoms with Gasteiger partial charge < -0.3 is 14.0 Å². The van der Waals surface area contributed by atoms with Crippen LogP contribution >= 0.6 is 0 Å². The minimum absolute atomic E-state index is 0.321. The Hall–Kier alpha value is -3.61. The van der Waals surface area contributed by atoms with E-state index in [9.17, 15) is 0 Å². The van der Waals surface area contributed by atoms with Gasteiger partial charge in [-0.15, -0.1) is 0 Å². The zero-order valence-corrected chi connectivity index (χ0v) is 15.0. The number of aromatic nitrogens is 4. The van der Waals surface area contributed by atoms with Crippen molar-refractivity contribution >= 4 is 0 Å². The van der Waals surface area contributed by atoms with Crippen molar-refractivity contribution in [3.8, 4) is 34.3 Å². The molecule has 0 radical (unpaired) electrons. The summed E-state index contributed by atoms with van der Waals surface area (Å²) >= 11 is 0. The molecular formula is C20H18N4O3. The Morgan fingerprint density at radius 1 is 1.00 bits per heavy atom. The van der Waals surface area contributed by atoms with E-state index in [1.54, 1.807) is 18.0 Å². The van der Waals surface area contributed by atoms with Gasteiger partial charge in [0.1, 0.15) is 18.1 Å². The highest BCUT2D eigenvalue weighted by Gasteiger charge is 2.18. The van der Waals surface area contributed by atoms with E-state index in [1.165, 1.54) is 0 Å². The molecule has 0 atom stereocenters. The summed E-state index contributed by atoms with van der Waals surface area (Å²) in [6.07, 6.45) is 1.70. The molecule has 4 aromatic rings. The Morgan fingerprint density at radius 3 is 2.48 bits per heavy atom. The number of aryl methyl sites for hydroxylation is 1. The maximum absolute atomic E-state index is 5.88. The first-order chi connectivity index (χ1) is 13.2. The molecule has 136 valence electrons. The number of methoxy groups -OCH3 is 1. The number of ether oxygens (including phenoxy) is 2. The van der Waals surface area contributed by atoms with Gasteiger partial charge in [0.2, 0.25) is 5.82 Å². The van der Waals surface area contributed by atoms with Gasteiger partial charge in [-0.1, -0.05) is 35.5 Å². The molecule has 0 spiro atoms. The fourth-order valence-corrected chi connectivity index (χ4v) is 2.67. The van der Waals surface area contributed by atoms with Crippen molar-refractivity contribution in [2.24, 2.45) is 7.05 Å². The molecule has 0 saturated heterocycles. The first kappa shape index (κ1) is 16.8. The Labute approximate surface area is 156 Å². The smallest absolute Gasteiger partial charge is 0.261 e. The second-order valence-corrected chi connectivity index (χ2v) is 5.88. The van der Waals surface area contributed by atoms with Crippen LogP contribution in [0.3, 0.4) is 0 Å². The largest absolute Gasteiger partial charge is 0.497 e. The summed E-state index contributed by atoms with van der Waals surface area (Å²) in [7, 11) is 3.48. The van der Waals surface area contributed by atoms with Crippen LogP contribution in [0.5, 0.6) is 11.5 Å². The highest BCUT2D eigenvalue weighted by atomic mass is 16.5. The van der Waals surface area contributed by atoms with Gasteiger partial charge in [0.05, 0.1) is 24.6 Å². The van der Waals surface area contributed by atoms with E-state index < -0.39 is 0 Å². The third-order valence-corrected chi connectivity index (χ3v) is 4.18. The van der Waals surface area contributed by atoms with Crippen LogP contribution in [0, 0.1) is 0 Å². The minimum Gasteiger partial charge on any atom is -0.497 e. The van der Waals surface area contributed by atoms with E-state index in [4.69, 9.17) is 14.0 Å². The molecule has 0 unspecified atom stereocenters. The van der Waals surface area contributed by atoms with E-state index in [2.05, 4.69) is 15.2 Å². The number of hydrogen-bond donors (Lipinski definition) is 0. The monoisotopic (exact) mass is 362 g/mol. The first-order valence-corrected chi connectivity index (χ1v) is 8.42. The van der Waals surface area contributed by atoms with Gasteiger partial charge in [0.25, 0.3) is 5.89 Å². The van der Waals surface area contributed by atoms with Crippen LogP contribution < -0.4 is 9.47 Å². The summed E-state index contributed by atoms with van der Waals surface area (Å²) in [6, 6.07) is 17.1. The molecule has 2 aromatic heterocycles. The van der Waals surface area contributed by atoms with Gasteiger partial charge in [-0.05, 0) is 24.3 Å². The fraction of sp³-hybridized carbons (Fsp3) is 0.150. The molecule has 2 aromatic carbocycles. The summed E-state index contributed by atoms with van der Waals surface area (Å²) in [5.74, 6) is 2.47. The SMILES string of the molecule is COc1ccc(OCc2c(-c3nc(-c4ccccc4)no3)cnn2C)cc1. The standard InChI is InChI=1S/C20H18N4O3/c1-24-18(13-26-16-10-8-15(25-2)9-11-16)17(12-21-24)20-22-19(23-27-20)14-6-4-3-5-7-14/h3-12H,13H2,1-2H3. The highest BCUT2D eigenvalue weighted by molar-refractivity contribution is 5.60. The van der Waals surface area contributed by atoms with Crippen LogP contribution in [0.15, 0.2) is 65.3 Å². The second kappa shape index (κ2) is 7.33. The molecule has 2 heterocycles. The van der Waals surface area contributed by atoms with Gasteiger partial charge in [0.15, 0.2) is 0 Å². The van der Waals surface area contributed by atoms with Gasteiger partial charge in [-0.25, -0.2) is 0 Å². The molecule has 27 heavy (non-hydrogen) atoms. The Morgan fingerprint density at radius 2 is 1.74 bits per heavy atom. The highest BCUT2D eigenvalue weighted by Crippen LogP contribution is 2.26. The zero-order valence-electron chi connectivity index (χ0n) is 15.0. The van der Waals surface area contributed by atoms with Crippen molar-refractivity contribution in [2.75, 3.05) is 7.11 Å². The molecule has 0 N–H and O–H groups in total. The maximum Gasteiger partial charge on any atom is 0.261 e. The molecule has 0 aliphatic carbocycles. The lowest BCUT2D eigenvalue weighted by Crippen LogP contribution is -2.04. The van der Waals surface area contributed by atoms with Crippen molar-refractivity contribution < 1.29 is 14.0 Å². The summed E-state index contributed by atoms with van der Waals surface area (Å²) in [5.41, 5.74) is 2.49. The van der Waals surface area contributed by atoms with Gasteiger partial charge in [-0.2, -0.15) is 10.1 Å². The van der Waals surface area contributed by atoms with E-state index in [0.29, 0.717) is 18.3 Å². The summed E-state index contributed by atoms with van der Waals surface area (Å²) in [6.45, 7) is 0.321. The van der Waals surface area contributed by atoms with Crippen molar-refractivity contribution in [1.29, 1.82) is 0 Å². The van der Waals surface area contributed by atoms with Crippen LogP contribution in [0.25, 0.3) is 22.8 Å². The lowest BCUT2D eigenvalue weighted by atomic mass is 10.2. The topological polar surface area (TPSA) is 75.2 Å². The molecule has 0 fully saturated rings. The number of rotatable bonds is 6. The lowest BCUT2D eigenvalue weighted by molar-refractivity contribution is 0.294. The van der Waals surface area contributed by atoms with Crippen LogP contribution in [0.2, 0.25) is 0 Å². The molecule has 0 aliphatic rings. The van der Waals surface area contributed by atoms with E-state index in [0.717, 1.165) is 28.3 Å². The van der Waals surface area contributed by atoms with Crippen molar-refractivity contribution in [3.05, 3.63) is 66.5 Å². The van der Waals surface area contributed by atoms with Crippen molar-refractivity contribution in [2.45, 2.75) is 6.61 Å². The first-order valence-electron chi connectivity index (χ1n) is 8.42. The van der Waals surface area contributed by atoms with Crippen LogP contribution in [-0.2, 0) is 13.7 Å². The number of benzene rings is 2. The Kier molecular flexibility index (Phi) is 4.57. The Bertz CT molecular complexity index is 1020. The predicted octanol–water partition coefficient (Wildman–Crippen LogP) is 3.72. The molecule has 0 bridgehead atoms. The summed E-state index contributed by atoms with van der Waals surface area (Å²) < 4.78 is 18.2. The van der Waals surface area contributed by atoms with Gasteiger partial charge in [-0.3, -0.25) is 4.68 Å². The van der Waals surface area contributed by atoms with E-state index in [-0.39, 0.29) is 0 Å². The third-order valence-electron chi connectivity index (χ3n) is 4.18. The average Bonchev–Trinajstić information content (AvgIpc) is 3.34. The van der Waals surface area contributed by atoms with Crippen molar-refractivity contribution in [1.82, 2.24) is 19.9 Å². The van der Waals surface area contributed by atoms with Crippen LogP contribution in [-0.4, -0.2) is 27.0 Å². The molecule has 4 rings (SSSR count). The molecule has 7 nitrogen and oxygen atoms in total. The minimum atomic E-state index is 0.321. The van der Waals surface area contributed by atoms with E-state index in [1.807, 2.05) is 61.6 Å². The molecule has 0 saturated carbocycles. The average molecular weight is 362 g/mol. The maximum atomic E-state index is 5.88. The summed E-state index contributed by atoms with van der Waals surface area (Å²) in [4.78, 5) is 4.50. The van der Waals surface area contributed by atoms with Gasteiger partial charge in [0, 0.05) is 12.6 Å². The Balaban J connectivity index is 1.55. The van der Waals surface area contributed by atoms with Crippen LogP contribution in [0.1, 0.15) is 5.69 Å². The number of hydrogen-bond acceptors (Lipinski definition) is 6. The molecule has 7 heteroatoms. The zero-order chi connectivity index (χ0) is 18.6. The molecular weight excluding hydrogens is 344 g/mol. The van der Waals surface area contributed by atoms with Crippen molar-refractivity contribution in [3.63, 3.8) is 0 Å². The predicted molar refractivity (Wildman–Crippen MR) is 99.3 cm³/mol. The molecule has 0 aliphatic heterocycles. The second-order valence-electron chi connectivity index (χ2n) is 5.88. The summed E-state index contributed by atoms with van der Waals surface area (Å²) in [5, 5.41) is 8.38. The van der Waals surface area contributed by atoms with Gasteiger partial charge >= 0.3 is 0 Å². The third kappa shape index (κ3) is 3.52. The van der Waals surface area contributed by atoms with Crippen LogP contribution in [0.4, 0.5) is 0 Å².